The Hall–Kier alpha value is -3.61. The molecular formula is C26H28N4O3. The number of oxazole rings is 1. The number of fused-ring (bicyclic) bond motifs is 1. The molecule has 1 atom stereocenters. The number of benzene rings is 2. The van der Waals surface area contributed by atoms with Crippen LogP contribution in [0.4, 0.5) is 0 Å². The molecule has 1 amide bonds. The summed E-state index contributed by atoms with van der Waals surface area (Å²) in [4.78, 5) is 24.2. The van der Waals surface area contributed by atoms with Gasteiger partial charge in [0.1, 0.15) is 23.9 Å². The van der Waals surface area contributed by atoms with Crippen LogP contribution in [0, 0.1) is 6.92 Å². The number of methoxy groups -OCH3 is 1. The van der Waals surface area contributed by atoms with E-state index in [1.165, 1.54) is 0 Å². The number of likely N-dealkylation sites (tertiary alicyclic amines) is 1. The summed E-state index contributed by atoms with van der Waals surface area (Å²) in [7, 11) is 1.66. The summed E-state index contributed by atoms with van der Waals surface area (Å²) in [5, 5.41) is 0. The second kappa shape index (κ2) is 9.10. The zero-order valence-electron chi connectivity index (χ0n) is 19.0. The van der Waals surface area contributed by atoms with Gasteiger partial charge < -0.3 is 18.6 Å². The number of carbonyl (C=O) groups excluding carboxylic acids is 1. The lowest BCUT2D eigenvalue weighted by Gasteiger charge is -2.31. The molecular weight excluding hydrogens is 416 g/mol. The first kappa shape index (κ1) is 21.2. The number of hydrogen-bond donors (Lipinski definition) is 0. The van der Waals surface area contributed by atoms with Crippen molar-refractivity contribution in [2.45, 2.75) is 38.6 Å². The van der Waals surface area contributed by atoms with Crippen LogP contribution in [0.5, 0.6) is 5.75 Å². The number of amides is 1. The highest BCUT2D eigenvalue weighted by atomic mass is 16.5. The van der Waals surface area contributed by atoms with Gasteiger partial charge in [0.05, 0.1) is 30.3 Å². The van der Waals surface area contributed by atoms with Crippen LogP contribution in [-0.2, 0) is 17.8 Å². The van der Waals surface area contributed by atoms with Gasteiger partial charge in [0, 0.05) is 19.5 Å². The fraction of sp³-hybridized carbons (Fsp3) is 0.346. The number of aryl methyl sites for hydroxylation is 1. The molecule has 0 N–H and O–H groups in total. The van der Waals surface area contributed by atoms with E-state index in [2.05, 4.69) is 9.97 Å². The van der Waals surface area contributed by atoms with E-state index in [9.17, 15) is 4.79 Å². The first-order chi connectivity index (χ1) is 16.1. The Morgan fingerprint density at radius 2 is 2.00 bits per heavy atom. The normalized spacial score (nSPS) is 16.3. The average Bonchev–Trinajstić information content (AvgIpc) is 3.44. The van der Waals surface area contributed by atoms with Crippen LogP contribution < -0.4 is 4.74 Å². The van der Waals surface area contributed by atoms with Crippen LogP contribution in [0.25, 0.3) is 11.0 Å². The molecule has 2 aromatic heterocycles. The minimum Gasteiger partial charge on any atom is -0.497 e. The van der Waals surface area contributed by atoms with Gasteiger partial charge in [0.25, 0.3) is 0 Å². The maximum Gasteiger partial charge on any atom is 0.242 e. The smallest absolute Gasteiger partial charge is 0.242 e. The number of nitrogens with zero attached hydrogens (tertiary/aromatic N) is 4. The molecule has 1 fully saturated rings. The van der Waals surface area contributed by atoms with E-state index < -0.39 is 0 Å². The zero-order valence-corrected chi connectivity index (χ0v) is 19.0. The van der Waals surface area contributed by atoms with Crippen molar-refractivity contribution in [3.05, 3.63) is 77.8 Å². The summed E-state index contributed by atoms with van der Waals surface area (Å²) >= 11 is 0. The lowest BCUT2D eigenvalue weighted by atomic mass is 9.98. The summed E-state index contributed by atoms with van der Waals surface area (Å²) in [6, 6.07) is 15.9. The molecule has 4 aromatic rings. The predicted octanol–water partition coefficient (Wildman–Crippen LogP) is 4.34. The summed E-state index contributed by atoms with van der Waals surface area (Å²) < 4.78 is 13.3. The van der Waals surface area contributed by atoms with Gasteiger partial charge in [0.15, 0.2) is 5.89 Å². The number of rotatable bonds is 6. The molecule has 0 radical (unpaired) electrons. The van der Waals surface area contributed by atoms with Crippen LogP contribution in [0.1, 0.15) is 41.8 Å². The zero-order chi connectivity index (χ0) is 22.8. The van der Waals surface area contributed by atoms with Crippen LogP contribution in [-0.4, -0.2) is 45.5 Å². The Bertz CT molecular complexity index is 1260. The number of carbonyl (C=O) groups is 1. The Morgan fingerprint density at radius 3 is 2.82 bits per heavy atom. The Kier molecular flexibility index (Phi) is 5.86. The third kappa shape index (κ3) is 4.49. The maximum atomic E-state index is 13.2. The molecule has 0 saturated carbocycles. The molecule has 1 unspecified atom stereocenters. The largest absolute Gasteiger partial charge is 0.497 e. The fourth-order valence-electron chi connectivity index (χ4n) is 4.57. The number of hydrogen-bond acceptors (Lipinski definition) is 5. The number of imidazole rings is 1. The summed E-state index contributed by atoms with van der Waals surface area (Å²) in [5.74, 6) is 3.47. The van der Waals surface area contributed by atoms with E-state index in [1.807, 2.05) is 64.9 Å². The van der Waals surface area contributed by atoms with Gasteiger partial charge in [-0.15, -0.1) is 0 Å². The lowest BCUT2D eigenvalue weighted by molar-refractivity contribution is -0.133. The van der Waals surface area contributed by atoms with Crippen molar-refractivity contribution in [3.63, 3.8) is 0 Å². The number of aromatic nitrogens is 3. The molecule has 1 saturated heterocycles. The summed E-state index contributed by atoms with van der Waals surface area (Å²) in [5.41, 5.74) is 3.05. The predicted molar refractivity (Wildman–Crippen MR) is 125 cm³/mol. The van der Waals surface area contributed by atoms with Crippen molar-refractivity contribution in [3.8, 4) is 5.75 Å². The molecule has 33 heavy (non-hydrogen) atoms. The van der Waals surface area contributed by atoms with E-state index >= 15 is 0 Å². The third-order valence-electron chi connectivity index (χ3n) is 6.37. The molecule has 5 rings (SSSR count). The number of para-hydroxylation sites is 2. The van der Waals surface area contributed by atoms with Gasteiger partial charge in [0.2, 0.25) is 5.91 Å². The Labute approximate surface area is 193 Å². The molecule has 0 bridgehead atoms. The number of ether oxygens (including phenoxy) is 1. The van der Waals surface area contributed by atoms with E-state index in [-0.39, 0.29) is 11.8 Å². The third-order valence-corrected chi connectivity index (χ3v) is 6.37. The van der Waals surface area contributed by atoms with Crippen molar-refractivity contribution < 1.29 is 13.9 Å². The molecule has 170 valence electrons. The SMILES string of the molecule is COc1ccc(Cc2cnc(C3CCCN(C(=O)Cn4c(C)nc5ccccc54)C3)o2)cc1. The van der Waals surface area contributed by atoms with Gasteiger partial charge in [-0.1, -0.05) is 24.3 Å². The standard InChI is InChI=1S/C26H28N4O3/c1-18-28-23-7-3-4-8-24(23)30(18)17-25(31)29-13-5-6-20(16-29)26-27-15-22(33-26)14-19-9-11-21(32-2)12-10-19/h3-4,7-12,15,20H,5-6,13-14,16-17H2,1-2H3. The Morgan fingerprint density at radius 1 is 1.18 bits per heavy atom. The van der Waals surface area contributed by atoms with Crippen LogP contribution in [0.2, 0.25) is 0 Å². The molecule has 1 aliphatic heterocycles. The fourth-order valence-corrected chi connectivity index (χ4v) is 4.57. The first-order valence-corrected chi connectivity index (χ1v) is 11.4. The molecule has 2 aromatic carbocycles. The van der Waals surface area contributed by atoms with Gasteiger partial charge in [-0.05, 0) is 49.6 Å². The first-order valence-electron chi connectivity index (χ1n) is 11.4. The monoisotopic (exact) mass is 444 g/mol. The molecule has 1 aliphatic rings. The molecule has 0 aliphatic carbocycles. The van der Waals surface area contributed by atoms with Crippen molar-refractivity contribution in [1.29, 1.82) is 0 Å². The molecule has 7 heteroatoms. The van der Waals surface area contributed by atoms with Crippen molar-refractivity contribution in [2.24, 2.45) is 0 Å². The van der Waals surface area contributed by atoms with Crippen molar-refractivity contribution in [1.82, 2.24) is 19.4 Å². The van der Waals surface area contributed by atoms with Gasteiger partial charge in [-0.3, -0.25) is 4.79 Å². The average molecular weight is 445 g/mol. The second-order valence-corrected chi connectivity index (χ2v) is 8.60. The highest BCUT2D eigenvalue weighted by molar-refractivity contribution is 5.81. The van der Waals surface area contributed by atoms with Crippen LogP contribution in [0.15, 0.2) is 59.1 Å². The highest BCUT2D eigenvalue weighted by Crippen LogP contribution is 2.28. The summed E-state index contributed by atoms with van der Waals surface area (Å²) in [6.07, 6.45) is 4.40. The second-order valence-electron chi connectivity index (χ2n) is 8.60. The van der Waals surface area contributed by atoms with E-state index in [0.29, 0.717) is 19.5 Å². The quantitative estimate of drug-likeness (QED) is 0.442. The van der Waals surface area contributed by atoms with Gasteiger partial charge >= 0.3 is 0 Å². The number of piperidine rings is 1. The van der Waals surface area contributed by atoms with Crippen LogP contribution in [0.3, 0.4) is 0 Å². The minimum atomic E-state index is 0.107. The Balaban J connectivity index is 1.25. The summed E-state index contributed by atoms with van der Waals surface area (Å²) in [6.45, 7) is 3.64. The highest BCUT2D eigenvalue weighted by Gasteiger charge is 2.28. The topological polar surface area (TPSA) is 73.4 Å². The van der Waals surface area contributed by atoms with Crippen molar-refractivity contribution >= 4 is 16.9 Å². The van der Waals surface area contributed by atoms with E-state index in [0.717, 1.165) is 59.2 Å². The molecule has 7 nitrogen and oxygen atoms in total. The molecule has 0 spiro atoms. The van der Waals surface area contributed by atoms with Crippen molar-refractivity contribution in [2.75, 3.05) is 20.2 Å². The van der Waals surface area contributed by atoms with E-state index in [1.54, 1.807) is 13.3 Å². The van der Waals surface area contributed by atoms with Crippen LogP contribution >= 0.6 is 0 Å². The maximum absolute atomic E-state index is 13.2. The molecule has 3 heterocycles. The van der Waals surface area contributed by atoms with E-state index in [4.69, 9.17) is 9.15 Å². The van der Waals surface area contributed by atoms with Gasteiger partial charge in [-0.25, -0.2) is 9.97 Å². The van der Waals surface area contributed by atoms with Gasteiger partial charge in [-0.2, -0.15) is 0 Å². The minimum absolute atomic E-state index is 0.107. The lowest BCUT2D eigenvalue weighted by Crippen LogP contribution is -2.41.